The van der Waals surface area contributed by atoms with Crippen LogP contribution >= 0.6 is 11.3 Å². The molecule has 0 atom stereocenters. The summed E-state index contributed by atoms with van der Waals surface area (Å²) < 4.78 is 11.6. The molecule has 2 aromatic heterocycles. The van der Waals surface area contributed by atoms with Crippen LogP contribution in [0.1, 0.15) is 33.3 Å². The van der Waals surface area contributed by atoms with E-state index in [4.69, 9.17) is 9.47 Å². The zero-order valence-corrected chi connectivity index (χ0v) is 16.5. The van der Waals surface area contributed by atoms with Crippen LogP contribution in [0.3, 0.4) is 0 Å². The number of rotatable bonds is 7. The topological polar surface area (TPSA) is 70.4 Å². The number of thiophene rings is 1. The average molecular weight is 386 g/mol. The SMILES string of the molecule is CCc1ccc(Cn2cnc3sc(C(=O)OCCOC)c(C)c3c2=O)cc1. The number of aryl methyl sites for hydroxylation is 2. The van der Waals surface area contributed by atoms with Gasteiger partial charge >= 0.3 is 5.97 Å². The van der Waals surface area contributed by atoms with Crippen molar-refractivity contribution in [1.82, 2.24) is 9.55 Å². The van der Waals surface area contributed by atoms with Gasteiger partial charge in [0.25, 0.3) is 5.56 Å². The van der Waals surface area contributed by atoms with Gasteiger partial charge in [0.05, 0.1) is 24.9 Å². The van der Waals surface area contributed by atoms with E-state index in [1.165, 1.54) is 23.2 Å². The molecular weight excluding hydrogens is 364 g/mol. The van der Waals surface area contributed by atoms with E-state index >= 15 is 0 Å². The number of aromatic nitrogens is 2. The van der Waals surface area contributed by atoms with Crippen LogP contribution in [0.4, 0.5) is 0 Å². The van der Waals surface area contributed by atoms with Crippen molar-refractivity contribution < 1.29 is 14.3 Å². The second kappa shape index (κ2) is 8.45. The van der Waals surface area contributed by atoms with Gasteiger partial charge in [0.2, 0.25) is 0 Å². The highest BCUT2D eigenvalue weighted by molar-refractivity contribution is 7.20. The standard InChI is InChI=1S/C20H22N2O4S/c1-4-14-5-7-15(8-6-14)11-22-12-21-18-16(19(22)23)13(2)17(27-18)20(24)26-10-9-25-3/h5-8,12H,4,9-11H2,1-3H3. The Morgan fingerprint density at radius 3 is 2.56 bits per heavy atom. The van der Waals surface area contributed by atoms with Gasteiger partial charge in [-0.25, -0.2) is 9.78 Å². The molecule has 0 saturated heterocycles. The Bertz CT molecular complexity index is 1010. The van der Waals surface area contributed by atoms with Crippen LogP contribution in [0, 0.1) is 6.92 Å². The first-order valence-electron chi connectivity index (χ1n) is 8.77. The van der Waals surface area contributed by atoms with Gasteiger partial charge in [-0.3, -0.25) is 9.36 Å². The predicted octanol–water partition coefficient (Wildman–Crippen LogP) is 3.18. The van der Waals surface area contributed by atoms with E-state index in [0.717, 1.165) is 12.0 Å². The Kier molecular flexibility index (Phi) is 6.03. The highest BCUT2D eigenvalue weighted by atomic mass is 32.1. The lowest BCUT2D eigenvalue weighted by molar-refractivity contribution is 0.0393. The first kappa shape index (κ1) is 19.3. The van der Waals surface area contributed by atoms with Crippen molar-refractivity contribution in [2.75, 3.05) is 20.3 Å². The Morgan fingerprint density at radius 1 is 1.19 bits per heavy atom. The van der Waals surface area contributed by atoms with Gasteiger partial charge in [0, 0.05) is 7.11 Å². The number of carbonyl (C=O) groups excluding carboxylic acids is 1. The molecule has 0 amide bonds. The number of fused-ring (bicyclic) bond motifs is 1. The minimum atomic E-state index is -0.450. The first-order chi connectivity index (χ1) is 13.0. The number of carbonyl (C=O) groups is 1. The van der Waals surface area contributed by atoms with Gasteiger partial charge in [-0.15, -0.1) is 11.3 Å². The summed E-state index contributed by atoms with van der Waals surface area (Å²) >= 11 is 1.18. The monoisotopic (exact) mass is 386 g/mol. The molecule has 7 heteroatoms. The number of methoxy groups -OCH3 is 1. The number of benzene rings is 1. The van der Waals surface area contributed by atoms with E-state index in [1.54, 1.807) is 18.6 Å². The van der Waals surface area contributed by atoms with Gasteiger partial charge in [-0.1, -0.05) is 31.2 Å². The van der Waals surface area contributed by atoms with E-state index in [9.17, 15) is 9.59 Å². The molecule has 0 fully saturated rings. The van der Waals surface area contributed by atoms with Crippen LogP contribution in [0.25, 0.3) is 10.2 Å². The predicted molar refractivity (Wildman–Crippen MR) is 106 cm³/mol. The molecule has 0 saturated carbocycles. The summed E-state index contributed by atoms with van der Waals surface area (Å²) in [5.41, 5.74) is 2.75. The Hall–Kier alpha value is -2.51. The van der Waals surface area contributed by atoms with Crippen LogP contribution < -0.4 is 5.56 Å². The maximum atomic E-state index is 12.9. The lowest BCUT2D eigenvalue weighted by Gasteiger charge is -2.06. The summed E-state index contributed by atoms with van der Waals surface area (Å²) in [6.45, 7) is 4.81. The molecule has 0 radical (unpaired) electrons. The number of nitrogens with zero attached hydrogens (tertiary/aromatic N) is 2. The van der Waals surface area contributed by atoms with E-state index in [2.05, 4.69) is 24.0 Å². The average Bonchev–Trinajstić information content (AvgIpc) is 3.02. The molecule has 0 aliphatic carbocycles. The first-order valence-corrected chi connectivity index (χ1v) is 9.59. The number of esters is 1. The summed E-state index contributed by atoms with van der Waals surface area (Å²) in [7, 11) is 1.54. The molecule has 1 aromatic carbocycles. The van der Waals surface area contributed by atoms with E-state index in [0.29, 0.717) is 33.8 Å². The maximum absolute atomic E-state index is 12.9. The molecule has 0 N–H and O–H groups in total. The van der Waals surface area contributed by atoms with Crippen molar-refractivity contribution in [3.8, 4) is 0 Å². The molecule has 0 spiro atoms. The second-order valence-corrected chi connectivity index (χ2v) is 7.21. The van der Waals surface area contributed by atoms with Crippen molar-refractivity contribution in [2.45, 2.75) is 26.8 Å². The van der Waals surface area contributed by atoms with Crippen LogP contribution in [-0.4, -0.2) is 35.8 Å². The van der Waals surface area contributed by atoms with Crippen molar-refractivity contribution in [2.24, 2.45) is 0 Å². The minimum absolute atomic E-state index is 0.149. The summed E-state index contributed by atoms with van der Waals surface area (Å²) in [5, 5.41) is 0.478. The second-order valence-electron chi connectivity index (χ2n) is 6.21. The summed E-state index contributed by atoms with van der Waals surface area (Å²) in [4.78, 5) is 30.5. The zero-order chi connectivity index (χ0) is 19.4. The Balaban J connectivity index is 1.90. The summed E-state index contributed by atoms with van der Waals surface area (Å²) in [5.74, 6) is -0.450. The fourth-order valence-corrected chi connectivity index (χ4v) is 3.86. The quantitative estimate of drug-likeness (QED) is 0.461. The number of ether oxygens (including phenoxy) is 2. The third kappa shape index (κ3) is 4.09. The molecule has 0 unspecified atom stereocenters. The molecule has 3 aromatic rings. The van der Waals surface area contributed by atoms with Gasteiger partial charge < -0.3 is 9.47 Å². The molecule has 3 rings (SSSR count). The Labute approximate surface area is 161 Å². The summed E-state index contributed by atoms with van der Waals surface area (Å²) in [6.07, 6.45) is 2.51. The van der Waals surface area contributed by atoms with Crippen molar-refractivity contribution in [3.05, 3.63) is 62.5 Å². The van der Waals surface area contributed by atoms with Crippen molar-refractivity contribution in [3.63, 3.8) is 0 Å². The lowest BCUT2D eigenvalue weighted by atomic mass is 10.1. The van der Waals surface area contributed by atoms with Gasteiger partial charge in [0.1, 0.15) is 16.3 Å². The fraction of sp³-hybridized carbons (Fsp3) is 0.350. The lowest BCUT2D eigenvalue weighted by Crippen LogP contribution is -2.21. The smallest absolute Gasteiger partial charge is 0.348 e. The molecule has 0 aliphatic rings. The van der Waals surface area contributed by atoms with Crippen LogP contribution in [0.5, 0.6) is 0 Å². The highest BCUT2D eigenvalue weighted by Gasteiger charge is 2.20. The molecule has 27 heavy (non-hydrogen) atoms. The molecular formula is C20H22N2O4S. The third-order valence-electron chi connectivity index (χ3n) is 4.41. The highest BCUT2D eigenvalue weighted by Crippen LogP contribution is 2.27. The minimum Gasteiger partial charge on any atom is -0.459 e. The summed E-state index contributed by atoms with van der Waals surface area (Å²) in [6, 6.07) is 8.18. The Morgan fingerprint density at radius 2 is 1.89 bits per heavy atom. The van der Waals surface area contributed by atoms with Gasteiger partial charge in [-0.05, 0) is 30.0 Å². The van der Waals surface area contributed by atoms with Crippen molar-refractivity contribution >= 4 is 27.5 Å². The molecule has 142 valence electrons. The zero-order valence-electron chi connectivity index (χ0n) is 15.7. The molecule has 0 bridgehead atoms. The molecule has 0 aliphatic heterocycles. The van der Waals surface area contributed by atoms with Crippen LogP contribution in [0.2, 0.25) is 0 Å². The van der Waals surface area contributed by atoms with Gasteiger partial charge in [0.15, 0.2) is 0 Å². The normalized spacial score (nSPS) is 11.1. The third-order valence-corrected chi connectivity index (χ3v) is 5.59. The van der Waals surface area contributed by atoms with Crippen molar-refractivity contribution in [1.29, 1.82) is 0 Å². The van der Waals surface area contributed by atoms with E-state index in [1.807, 2.05) is 12.1 Å². The van der Waals surface area contributed by atoms with Crippen LogP contribution in [0.15, 0.2) is 35.4 Å². The number of hydrogen-bond donors (Lipinski definition) is 0. The maximum Gasteiger partial charge on any atom is 0.348 e. The molecule has 2 heterocycles. The van der Waals surface area contributed by atoms with Gasteiger partial charge in [-0.2, -0.15) is 0 Å². The van der Waals surface area contributed by atoms with E-state index in [-0.39, 0.29) is 12.2 Å². The number of hydrogen-bond acceptors (Lipinski definition) is 6. The van der Waals surface area contributed by atoms with Crippen LogP contribution in [-0.2, 0) is 22.4 Å². The fourth-order valence-electron chi connectivity index (χ4n) is 2.83. The largest absolute Gasteiger partial charge is 0.459 e. The molecule has 6 nitrogen and oxygen atoms in total. The van der Waals surface area contributed by atoms with E-state index < -0.39 is 5.97 Å².